The van der Waals surface area contributed by atoms with Gasteiger partial charge in [-0.15, -0.1) is 0 Å². The topological polar surface area (TPSA) is 87.6 Å². The normalized spacial score (nSPS) is 18.1. The van der Waals surface area contributed by atoms with Gasteiger partial charge in [0.05, 0.1) is 18.7 Å². The fourth-order valence-electron chi connectivity index (χ4n) is 2.93. The van der Waals surface area contributed by atoms with Crippen LogP contribution in [-0.2, 0) is 11.3 Å². The second kappa shape index (κ2) is 7.70. The van der Waals surface area contributed by atoms with E-state index in [1.807, 2.05) is 31.2 Å². The van der Waals surface area contributed by atoms with E-state index in [9.17, 15) is 4.79 Å². The van der Waals surface area contributed by atoms with Gasteiger partial charge in [-0.2, -0.15) is 4.98 Å². The molecule has 2 N–H and O–H groups in total. The Labute approximate surface area is 153 Å². The Kier molecular flexibility index (Phi) is 5.37. The van der Waals surface area contributed by atoms with Crippen molar-refractivity contribution in [2.75, 3.05) is 16.8 Å². The van der Waals surface area contributed by atoms with Crippen molar-refractivity contribution in [1.29, 1.82) is 0 Å². The van der Waals surface area contributed by atoms with E-state index in [2.05, 4.69) is 29.1 Å². The number of carbonyl (C=O) groups excluding carboxylic acids is 1. The van der Waals surface area contributed by atoms with E-state index in [4.69, 9.17) is 9.84 Å². The van der Waals surface area contributed by atoms with Crippen molar-refractivity contribution in [2.24, 2.45) is 5.92 Å². The van der Waals surface area contributed by atoms with Crippen LogP contribution in [0.2, 0.25) is 0 Å². The Balaban J connectivity index is 1.77. The van der Waals surface area contributed by atoms with E-state index in [0.29, 0.717) is 18.4 Å². The monoisotopic (exact) mass is 356 g/mol. The summed E-state index contributed by atoms with van der Waals surface area (Å²) < 4.78 is 5.19. The van der Waals surface area contributed by atoms with E-state index in [1.165, 1.54) is 0 Å². The largest absolute Gasteiger partial charge is 0.447 e. The van der Waals surface area contributed by atoms with Crippen molar-refractivity contribution in [3.8, 4) is 0 Å². The minimum absolute atomic E-state index is 0.0237. The number of anilines is 2. The van der Waals surface area contributed by atoms with Gasteiger partial charge < -0.3 is 15.2 Å². The van der Waals surface area contributed by atoms with Crippen molar-refractivity contribution >= 4 is 17.9 Å². The summed E-state index contributed by atoms with van der Waals surface area (Å²) in [6.45, 7) is 6.51. The van der Waals surface area contributed by atoms with Gasteiger partial charge in [0.15, 0.2) is 0 Å². The lowest BCUT2D eigenvalue weighted by molar-refractivity contribution is 0.177. The molecule has 26 heavy (non-hydrogen) atoms. The molecule has 1 saturated heterocycles. The number of aromatic nitrogens is 2. The number of amides is 1. The summed E-state index contributed by atoms with van der Waals surface area (Å²) in [6, 6.07) is 9.35. The highest BCUT2D eigenvalue weighted by molar-refractivity contribution is 5.89. The molecule has 1 aliphatic rings. The number of ether oxygens (including phenoxy) is 1. The standard InChI is InChI=1S/C19H24N4O3/c1-12(2)16-11-26-19(25)23(16)17-8-9-20-18(22-17)21-13(3)15-6-4-14(10-24)5-7-15/h4-9,12-13,16,24H,10-11H2,1-3H3,(H,20,21,22)/t13-,16?/m0/s1. The molecule has 0 spiro atoms. The van der Waals surface area contributed by atoms with Gasteiger partial charge in [0, 0.05) is 6.20 Å². The van der Waals surface area contributed by atoms with Gasteiger partial charge in [-0.25, -0.2) is 9.78 Å². The maximum absolute atomic E-state index is 12.1. The summed E-state index contributed by atoms with van der Waals surface area (Å²) in [5.41, 5.74) is 1.92. The van der Waals surface area contributed by atoms with Crippen molar-refractivity contribution in [3.63, 3.8) is 0 Å². The minimum atomic E-state index is -0.374. The molecular weight excluding hydrogens is 332 g/mol. The zero-order valence-electron chi connectivity index (χ0n) is 15.2. The molecule has 2 aromatic rings. The summed E-state index contributed by atoms with van der Waals surface area (Å²) in [5, 5.41) is 12.4. The van der Waals surface area contributed by atoms with Crippen molar-refractivity contribution in [1.82, 2.24) is 9.97 Å². The minimum Gasteiger partial charge on any atom is -0.447 e. The van der Waals surface area contributed by atoms with Gasteiger partial charge in [-0.1, -0.05) is 38.1 Å². The Morgan fingerprint density at radius 1 is 1.27 bits per heavy atom. The fourth-order valence-corrected chi connectivity index (χ4v) is 2.93. The molecule has 0 aliphatic carbocycles. The molecule has 0 bridgehead atoms. The maximum atomic E-state index is 12.1. The number of nitrogens with one attached hydrogen (secondary N) is 1. The van der Waals surface area contributed by atoms with Crippen LogP contribution in [-0.4, -0.2) is 33.8 Å². The Morgan fingerprint density at radius 3 is 2.65 bits per heavy atom. The van der Waals surface area contributed by atoms with Crippen molar-refractivity contribution < 1.29 is 14.6 Å². The summed E-state index contributed by atoms with van der Waals surface area (Å²) in [5.74, 6) is 1.24. The van der Waals surface area contributed by atoms with Gasteiger partial charge in [-0.05, 0) is 30.0 Å². The third kappa shape index (κ3) is 3.77. The summed E-state index contributed by atoms with van der Waals surface area (Å²) in [7, 11) is 0. The van der Waals surface area contributed by atoms with Crippen LogP contribution in [0.4, 0.5) is 16.6 Å². The van der Waals surface area contributed by atoms with E-state index < -0.39 is 0 Å². The van der Waals surface area contributed by atoms with Crippen LogP contribution in [0.3, 0.4) is 0 Å². The molecule has 0 radical (unpaired) electrons. The zero-order chi connectivity index (χ0) is 18.7. The highest BCUT2D eigenvalue weighted by Crippen LogP contribution is 2.26. The first-order valence-corrected chi connectivity index (χ1v) is 8.75. The third-order valence-electron chi connectivity index (χ3n) is 4.57. The first-order valence-electron chi connectivity index (χ1n) is 8.75. The highest BCUT2D eigenvalue weighted by atomic mass is 16.6. The number of rotatable bonds is 6. The van der Waals surface area contributed by atoms with Crippen LogP contribution >= 0.6 is 0 Å². The second-order valence-electron chi connectivity index (χ2n) is 6.76. The predicted octanol–water partition coefficient (Wildman–Crippen LogP) is 3.12. The van der Waals surface area contributed by atoms with Gasteiger partial charge >= 0.3 is 6.09 Å². The van der Waals surface area contributed by atoms with Crippen LogP contribution < -0.4 is 10.2 Å². The molecule has 3 rings (SSSR count). The lowest BCUT2D eigenvalue weighted by Gasteiger charge is -2.23. The molecule has 2 atom stereocenters. The van der Waals surface area contributed by atoms with Crippen LogP contribution in [0.5, 0.6) is 0 Å². The lowest BCUT2D eigenvalue weighted by Crippen LogP contribution is -2.37. The third-order valence-corrected chi connectivity index (χ3v) is 4.57. The molecule has 1 aromatic heterocycles. The molecular formula is C19H24N4O3. The Hall–Kier alpha value is -2.67. The molecule has 0 saturated carbocycles. The van der Waals surface area contributed by atoms with E-state index >= 15 is 0 Å². The molecule has 138 valence electrons. The molecule has 7 nitrogen and oxygen atoms in total. The van der Waals surface area contributed by atoms with Crippen molar-refractivity contribution in [2.45, 2.75) is 39.5 Å². The average molecular weight is 356 g/mol. The smallest absolute Gasteiger partial charge is 0.415 e. The fraction of sp³-hybridized carbons (Fsp3) is 0.421. The molecule has 1 unspecified atom stereocenters. The van der Waals surface area contributed by atoms with E-state index in [0.717, 1.165) is 11.1 Å². The molecule has 2 heterocycles. The number of hydrogen-bond acceptors (Lipinski definition) is 6. The van der Waals surface area contributed by atoms with Gasteiger partial charge in [0.25, 0.3) is 0 Å². The Morgan fingerprint density at radius 2 is 2.00 bits per heavy atom. The number of hydrogen-bond donors (Lipinski definition) is 2. The Bertz CT molecular complexity index is 764. The van der Waals surface area contributed by atoms with Crippen LogP contribution in [0.25, 0.3) is 0 Å². The number of nitrogens with zero attached hydrogens (tertiary/aromatic N) is 3. The first-order chi connectivity index (χ1) is 12.5. The molecule has 7 heteroatoms. The van der Waals surface area contributed by atoms with Gasteiger partial charge in [-0.3, -0.25) is 4.90 Å². The second-order valence-corrected chi connectivity index (χ2v) is 6.76. The quantitative estimate of drug-likeness (QED) is 0.827. The molecule has 1 amide bonds. The maximum Gasteiger partial charge on any atom is 0.415 e. The van der Waals surface area contributed by atoms with Crippen molar-refractivity contribution in [3.05, 3.63) is 47.7 Å². The number of benzene rings is 1. The number of cyclic esters (lactones) is 1. The van der Waals surface area contributed by atoms with Crippen LogP contribution in [0, 0.1) is 5.92 Å². The summed E-state index contributed by atoms with van der Waals surface area (Å²) in [4.78, 5) is 22.5. The van der Waals surface area contributed by atoms with Crippen LogP contribution in [0.15, 0.2) is 36.5 Å². The average Bonchev–Trinajstić information content (AvgIpc) is 3.04. The molecule has 1 aromatic carbocycles. The summed E-state index contributed by atoms with van der Waals surface area (Å²) in [6.07, 6.45) is 1.26. The summed E-state index contributed by atoms with van der Waals surface area (Å²) >= 11 is 0. The number of carbonyl (C=O) groups is 1. The van der Waals surface area contributed by atoms with E-state index in [-0.39, 0.29) is 30.7 Å². The van der Waals surface area contributed by atoms with Gasteiger partial charge in [0.2, 0.25) is 5.95 Å². The lowest BCUT2D eigenvalue weighted by atomic mass is 10.0. The highest BCUT2D eigenvalue weighted by Gasteiger charge is 2.37. The van der Waals surface area contributed by atoms with E-state index in [1.54, 1.807) is 17.2 Å². The zero-order valence-corrected chi connectivity index (χ0v) is 15.2. The number of aliphatic hydroxyl groups excluding tert-OH is 1. The molecule has 1 aliphatic heterocycles. The van der Waals surface area contributed by atoms with Gasteiger partial charge in [0.1, 0.15) is 12.4 Å². The predicted molar refractivity (Wildman–Crippen MR) is 98.9 cm³/mol. The number of aliphatic hydroxyl groups is 1. The first kappa shape index (κ1) is 18.1. The molecule has 1 fully saturated rings. The van der Waals surface area contributed by atoms with Crippen LogP contribution in [0.1, 0.15) is 37.9 Å². The SMILES string of the molecule is CC(C)C1COC(=O)N1c1ccnc(N[C@@H](C)c2ccc(CO)cc2)n1.